The Morgan fingerprint density at radius 1 is 1.27 bits per heavy atom. The lowest BCUT2D eigenvalue weighted by molar-refractivity contribution is 0.0376. The molecule has 140 valence electrons. The molecule has 0 aliphatic carbocycles. The number of hydrogen-bond acceptors (Lipinski definition) is 4. The van der Waals surface area contributed by atoms with Crippen LogP contribution in [-0.2, 0) is 11.3 Å². The van der Waals surface area contributed by atoms with Gasteiger partial charge < -0.3 is 15.0 Å². The lowest BCUT2D eigenvalue weighted by atomic mass is 10.3. The highest BCUT2D eigenvalue weighted by Crippen LogP contribution is 2.09. The zero-order chi connectivity index (χ0) is 18.2. The zero-order valence-electron chi connectivity index (χ0n) is 15.3. The molecular weight excluding hydrogens is 346 g/mol. The van der Waals surface area contributed by atoms with Crippen molar-refractivity contribution in [1.29, 1.82) is 0 Å². The molecule has 3 rings (SSSR count). The molecule has 26 heavy (non-hydrogen) atoms. The minimum absolute atomic E-state index is 0.738. The molecular formula is C19H27N5OS. The first-order valence-electron chi connectivity index (χ1n) is 9.10. The second kappa shape index (κ2) is 9.66. The Morgan fingerprint density at radius 2 is 2.04 bits per heavy atom. The van der Waals surface area contributed by atoms with E-state index in [-0.39, 0.29) is 0 Å². The van der Waals surface area contributed by atoms with Gasteiger partial charge in [-0.1, -0.05) is 18.2 Å². The van der Waals surface area contributed by atoms with E-state index in [1.54, 1.807) is 0 Å². The number of nitrogens with zero attached hydrogens (tertiary/aromatic N) is 4. The minimum atomic E-state index is 0.738. The van der Waals surface area contributed by atoms with E-state index in [4.69, 9.17) is 17.0 Å². The molecule has 1 aromatic carbocycles. The van der Waals surface area contributed by atoms with Gasteiger partial charge in [-0.25, -0.2) is 4.68 Å². The third-order valence-electron chi connectivity index (χ3n) is 4.45. The molecule has 6 nitrogen and oxygen atoms in total. The maximum absolute atomic E-state index is 5.50. The Kier molecular flexibility index (Phi) is 6.99. The Bertz CT molecular complexity index is 684. The number of morpholine rings is 1. The molecule has 0 bridgehead atoms. The van der Waals surface area contributed by atoms with Crippen molar-refractivity contribution < 1.29 is 4.74 Å². The van der Waals surface area contributed by atoms with Crippen LogP contribution in [0.3, 0.4) is 0 Å². The smallest absolute Gasteiger partial charge is 0.168 e. The van der Waals surface area contributed by atoms with Gasteiger partial charge in [-0.05, 0) is 37.3 Å². The van der Waals surface area contributed by atoms with Gasteiger partial charge in [0.05, 0.1) is 25.1 Å². The summed E-state index contributed by atoms with van der Waals surface area (Å²) in [6.07, 6.45) is 5.03. The third kappa shape index (κ3) is 5.52. The van der Waals surface area contributed by atoms with Crippen LogP contribution in [0.15, 0.2) is 42.7 Å². The van der Waals surface area contributed by atoms with Gasteiger partial charge in [-0.3, -0.25) is 4.90 Å². The molecule has 0 amide bonds. The van der Waals surface area contributed by atoms with Gasteiger partial charge in [0.2, 0.25) is 0 Å². The predicted octanol–water partition coefficient (Wildman–Crippen LogP) is 1.90. The van der Waals surface area contributed by atoms with E-state index in [1.165, 1.54) is 0 Å². The quantitative estimate of drug-likeness (QED) is 0.591. The number of nitrogens with one attached hydrogen (secondary N) is 1. The summed E-state index contributed by atoms with van der Waals surface area (Å²) in [5.41, 5.74) is 2.19. The summed E-state index contributed by atoms with van der Waals surface area (Å²) in [7, 11) is 2.01. The summed E-state index contributed by atoms with van der Waals surface area (Å²) >= 11 is 5.50. The van der Waals surface area contributed by atoms with E-state index in [9.17, 15) is 0 Å². The maximum Gasteiger partial charge on any atom is 0.168 e. The maximum atomic E-state index is 5.50. The first-order chi connectivity index (χ1) is 12.7. The van der Waals surface area contributed by atoms with Gasteiger partial charge in [0, 0.05) is 45.0 Å². The van der Waals surface area contributed by atoms with Crippen molar-refractivity contribution in [3.63, 3.8) is 0 Å². The monoisotopic (exact) mass is 373 g/mol. The number of hydrogen-bond donors (Lipinski definition) is 1. The van der Waals surface area contributed by atoms with Gasteiger partial charge in [0.25, 0.3) is 0 Å². The fraction of sp³-hybridized carbons (Fsp3) is 0.474. The normalized spacial score (nSPS) is 15.0. The fourth-order valence-electron chi connectivity index (χ4n) is 2.97. The highest BCUT2D eigenvalue weighted by molar-refractivity contribution is 7.80. The largest absolute Gasteiger partial charge is 0.379 e. The number of aromatic nitrogens is 2. The molecule has 2 aromatic rings. The number of para-hydroxylation sites is 1. The van der Waals surface area contributed by atoms with Crippen LogP contribution in [0.1, 0.15) is 12.0 Å². The van der Waals surface area contributed by atoms with Crippen LogP contribution in [0, 0.1) is 0 Å². The zero-order valence-corrected chi connectivity index (χ0v) is 16.1. The van der Waals surface area contributed by atoms with Crippen molar-refractivity contribution in [3.8, 4) is 5.69 Å². The van der Waals surface area contributed by atoms with Crippen molar-refractivity contribution in [2.45, 2.75) is 13.0 Å². The van der Waals surface area contributed by atoms with E-state index in [2.05, 4.69) is 20.2 Å². The molecule has 1 N–H and O–H groups in total. The van der Waals surface area contributed by atoms with Gasteiger partial charge >= 0.3 is 0 Å². The molecule has 0 saturated carbocycles. The molecule has 0 unspecified atom stereocenters. The van der Waals surface area contributed by atoms with Gasteiger partial charge in [0.1, 0.15) is 0 Å². The summed E-state index contributed by atoms with van der Waals surface area (Å²) in [4.78, 5) is 4.49. The summed E-state index contributed by atoms with van der Waals surface area (Å²) in [6.45, 7) is 6.50. The van der Waals surface area contributed by atoms with Crippen LogP contribution in [0.25, 0.3) is 5.69 Å². The summed E-state index contributed by atoms with van der Waals surface area (Å²) in [6, 6.07) is 10.1. The van der Waals surface area contributed by atoms with E-state index >= 15 is 0 Å². The Labute approximate surface area is 160 Å². The van der Waals surface area contributed by atoms with Crippen molar-refractivity contribution in [1.82, 2.24) is 24.9 Å². The van der Waals surface area contributed by atoms with Crippen molar-refractivity contribution in [3.05, 3.63) is 48.3 Å². The van der Waals surface area contributed by atoms with Crippen LogP contribution in [-0.4, -0.2) is 71.1 Å². The lowest BCUT2D eigenvalue weighted by Gasteiger charge is -2.27. The van der Waals surface area contributed by atoms with Crippen LogP contribution >= 0.6 is 12.2 Å². The summed E-state index contributed by atoms with van der Waals surface area (Å²) in [5.74, 6) is 0. The number of ether oxygens (including phenoxy) is 1. The molecule has 2 heterocycles. The minimum Gasteiger partial charge on any atom is -0.379 e. The molecule has 0 atom stereocenters. The van der Waals surface area contributed by atoms with Crippen LogP contribution in [0.5, 0.6) is 0 Å². The molecule has 0 radical (unpaired) electrons. The van der Waals surface area contributed by atoms with E-state index in [0.717, 1.165) is 68.7 Å². The van der Waals surface area contributed by atoms with Gasteiger partial charge in [-0.15, -0.1) is 0 Å². The Balaban J connectivity index is 1.39. The van der Waals surface area contributed by atoms with Crippen molar-refractivity contribution in [2.75, 3.05) is 46.4 Å². The number of rotatable bonds is 7. The molecule has 1 aliphatic heterocycles. The third-order valence-corrected chi connectivity index (χ3v) is 4.91. The Hall–Kier alpha value is -1.96. The predicted molar refractivity (Wildman–Crippen MR) is 108 cm³/mol. The van der Waals surface area contributed by atoms with Crippen molar-refractivity contribution in [2.24, 2.45) is 0 Å². The molecule has 1 saturated heterocycles. The SMILES string of the molecule is CN(Cc1cnn(-c2ccccc2)c1)C(=S)NCCCN1CCOCC1. The van der Waals surface area contributed by atoms with E-state index in [0.29, 0.717) is 0 Å². The van der Waals surface area contributed by atoms with E-state index < -0.39 is 0 Å². The van der Waals surface area contributed by atoms with Gasteiger partial charge in [0.15, 0.2) is 5.11 Å². The molecule has 1 fully saturated rings. The number of benzene rings is 1. The van der Waals surface area contributed by atoms with Crippen LogP contribution < -0.4 is 5.32 Å². The molecule has 1 aromatic heterocycles. The average Bonchev–Trinajstić information content (AvgIpc) is 3.15. The van der Waals surface area contributed by atoms with Gasteiger partial charge in [-0.2, -0.15) is 5.10 Å². The highest BCUT2D eigenvalue weighted by Gasteiger charge is 2.10. The second-order valence-corrected chi connectivity index (χ2v) is 6.91. The topological polar surface area (TPSA) is 45.6 Å². The summed E-state index contributed by atoms with van der Waals surface area (Å²) < 4.78 is 7.26. The van der Waals surface area contributed by atoms with Crippen LogP contribution in [0.4, 0.5) is 0 Å². The second-order valence-electron chi connectivity index (χ2n) is 6.52. The number of thiocarbonyl (C=S) groups is 1. The molecule has 0 spiro atoms. The van der Waals surface area contributed by atoms with E-state index in [1.807, 2.05) is 54.5 Å². The average molecular weight is 374 g/mol. The molecule has 7 heteroatoms. The lowest BCUT2D eigenvalue weighted by Crippen LogP contribution is -2.40. The first-order valence-corrected chi connectivity index (χ1v) is 9.51. The first kappa shape index (κ1) is 18.8. The van der Waals surface area contributed by atoms with Crippen LogP contribution in [0.2, 0.25) is 0 Å². The molecule has 1 aliphatic rings. The standard InChI is InChI=1S/C19H27N5OS/c1-22(19(26)20-8-5-9-23-10-12-25-13-11-23)15-17-14-21-24(16-17)18-6-3-2-4-7-18/h2-4,6-7,14,16H,5,8-13,15H2,1H3,(H,20,26). The Morgan fingerprint density at radius 3 is 2.81 bits per heavy atom. The van der Waals surface area contributed by atoms with Crippen molar-refractivity contribution >= 4 is 17.3 Å². The highest BCUT2D eigenvalue weighted by atomic mass is 32.1. The summed E-state index contributed by atoms with van der Waals surface area (Å²) in [5, 5.41) is 8.57. The fourth-order valence-corrected chi connectivity index (χ4v) is 3.13.